The predicted octanol–water partition coefficient (Wildman–Crippen LogP) is 2.71. The molecule has 24 heavy (non-hydrogen) atoms. The van der Waals surface area contributed by atoms with E-state index < -0.39 is 6.04 Å². The van der Waals surface area contributed by atoms with E-state index in [1.165, 1.54) is 19.1 Å². The average molecular weight is 330 g/mol. The van der Waals surface area contributed by atoms with Gasteiger partial charge in [0, 0.05) is 19.0 Å². The molecule has 1 fully saturated rings. The molecule has 5 nitrogen and oxygen atoms in total. The standard InChI is InChI=1S/C18H19FN2O3/c1-12(22)21-10-2-3-16(21)18(23)20-11-15-8-9-17(24-15)13-4-6-14(19)7-5-13/h4-9,16H,2-3,10-11H2,1H3,(H,20,23)/t16-/m0/s1. The third-order valence-corrected chi connectivity index (χ3v) is 4.19. The second kappa shape index (κ2) is 6.86. The molecule has 1 atom stereocenters. The van der Waals surface area contributed by atoms with Gasteiger partial charge in [-0.1, -0.05) is 0 Å². The molecule has 1 aromatic carbocycles. The van der Waals surface area contributed by atoms with E-state index in [0.717, 1.165) is 12.0 Å². The first-order chi connectivity index (χ1) is 11.5. The van der Waals surface area contributed by atoms with Gasteiger partial charge in [0.2, 0.25) is 11.8 Å². The number of rotatable bonds is 4. The van der Waals surface area contributed by atoms with Gasteiger partial charge in [-0.05, 0) is 49.2 Å². The average Bonchev–Trinajstić information content (AvgIpc) is 3.22. The molecule has 2 heterocycles. The molecule has 126 valence electrons. The lowest BCUT2D eigenvalue weighted by atomic mass is 10.2. The molecule has 2 amide bonds. The first-order valence-corrected chi connectivity index (χ1v) is 7.94. The van der Waals surface area contributed by atoms with Crippen molar-refractivity contribution in [2.75, 3.05) is 6.54 Å². The van der Waals surface area contributed by atoms with Crippen molar-refractivity contribution >= 4 is 11.8 Å². The van der Waals surface area contributed by atoms with Crippen LogP contribution in [0.3, 0.4) is 0 Å². The molecule has 0 saturated carbocycles. The van der Waals surface area contributed by atoms with E-state index in [1.54, 1.807) is 29.2 Å². The minimum atomic E-state index is -0.394. The SMILES string of the molecule is CC(=O)N1CCC[C@H]1C(=O)NCc1ccc(-c2ccc(F)cc2)o1. The molecule has 3 rings (SSSR count). The summed E-state index contributed by atoms with van der Waals surface area (Å²) >= 11 is 0. The van der Waals surface area contributed by atoms with Gasteiger partial charge in [-0.3, -0.25) is 9.59 Å². The summed E-state index contributed by atoms with van der Waals surface area (Å²) in [7, 11) is 0. The van der Waals surface area contributed by atoms with Crippen LogP contribution in [0, 0.1) is 5.82 Å². The highest BCUT2D eigenvalue weighted by Gasteiger charge is 2.32. The molecule has 1 aromatic heterocycles. The normalized spacial score (nSPS) is 17.1. The Kier molecular flexibility index (Phi) is 4.64. The van der Waals surface area contributed by atoms with Crippen LogP contribution < -0.4 is 5.32 Å². The number of nitrogens with one attached hydrogen (secondary N) is 1. The zero-order valence-corrected chi connectivity index (χ0v) is 13.4. The summed E-state index contributed by atoms with van der Waals surface area (Å²) in [5.41, 5.74) is 0.771. The van der Waals surface area contributed by atoms with Crippen LogP contribution in [0.25, 0.3) is 11.3 Å². The minimum absolute atomic E-state index is 0.0794. The van der Waals surface area contributed by atoms with Crippen molar-refractivity contribution in [1.29, 1.82) is 0 Å². The van der Waals surface area contributed by atoms with Crippen LogP contribution in [0.5, 0.6) is 0 Å². The predicted molar refractivity (Wildman–Crippen MR) is 86.4 cm³/mol. The molecule has 1 aliphatic heterocycles. The van der Waals surface area contributed by atoms with Crippen molar-refractivity contribution in [2.24, 2.45) is 0 Å². The van der Waals surface area contributed by atoms with Crippen LogP contribution in [0.1, 0.15) is 25.5 Å². The maximum Gasteiger partial charge on any atom is 0.243 e. The maximum atomic E-state index is 12.9. The molecule has 0 bridgehead atoms. The Bertz CT molecular complexity index is 739. The lowest BCUT2D eigenvalue weighted by Crippen LogP contribution is -2.44. The second-order valence-corrected chi connectivity index (χ2v) is 5.86. The zero-order chi connectivity index (χ0) is 17.1. The lowest BCUT2D eigenvalue weighted by Gasteiger charge is -2.22. The smallest absolute Gasteiger partial charge is 0.243 e. The molecule has 1 N–H and O–H groups in total. The lowest BCUT2D eigenvalue weighted by molar-refractivity contribution is -0.136. The summed E-state index contributed by atoms with van der Waals surface area (Å²) in [6.07, 6.45) is 1.53. The van der Waals surface area contributed by atoms with Gasteiger partial charge in [-0.2, -0.15) is 0 Å². The number of nitrogens with zero attached hydrogens (tertiary/aromatic N) is 1. The van der Waals surface area contributed by atoms with E-state index in [1.807, 2.05) is 0 Å². The third kappa shape index (κ3) is 3.48. The summed E-state index contributed by atoms with van der Waals surface area (Å²) in [5.74, 6) is 0.677. The Hall–Kier alpha value is -2.63. The van der Waals surface area contributed by atoms with Crippen molar-refractivity contribution in [3.8, 4) is 11.3 Å². The van der Waals surface area contributed by atoms with Gasteiger partial charge in [-0.15, -0.1) is 0 Å². The van der Waals surface area contributed by atoms with Gasteiger partial charge in [-0.25, -0.2) is 4.39 Å². The summed E-state index contributed by atoms with van der Waals surface area (Å²) in [5, 5.41) is 2.81. The number of amides is 2. The largest absolute Gasteiger partial charge is 0.459 e. The fraction of sp³-hybridized carbons (Fsp3) is 0.333. The Morgan fingerprint density at radius 1 is 1.25 bits per heavy atom. The van der Waals surface area contributed by atoms with Crippen LogP contribution in [0.4, 0.5) is 4.39 Å². The Morgan fingerprint density at radius 2 is 2.00 bits per heavy atom. The highest BCUT2D eigenvalue weighted by Crippen LogP contribution is 2.22. The fourth-order valence-corrected chi connectivity index (χ4v) is 2.95. The number of benzene rings is 1. The van der Waals surface area contributed by atoms with Gasteiger partial charge in [0.25, 0.3) is 0 Å². The molecule has 1 aliphatic rings. The highest BCUT2D eigenvalue weighted by molar-refractivity contribution is 5.87. The number of furan rings is 1. The summed E-state index contributed by atoms with van der Waals surface area (Å²) in [6.45, 7) is 2.36. The van der Waals surface area contributed by atoms with Gasteiger partial charge in [0.15, 0.2) is 0 Å². The molecule has 0 spiro atoms. The van der Waals surface area contributed by atoms with Crippen LogP contribution in [-0.4, -0.2) is 29.3 Å². The van der Waals surface area contributed by atoms with Crippen LogP contribution in [0.15, 0.2) is 40.8 Å². The Morgan fingerprint density at radius 3 is 2.71 bits per heavy atom. The molecular formula is C18H19FN2O3. The molecule has 0 radical (unpaired) electrons. The number of hydrogen-bond donors (Lipinski definition) is 1. The van der Waals surface area contributed by atoms with Crippen LogP contribution in [0.2, 0.25) is 0 Å². The quantitative estimate of drug-likeness (QED) is 0.937. The topological polar surface area (TPSA) is 62.6 Å². The first kappa shape index (κ1) is 16.2. The number of likely N-dealkylation sites (tertiary alicyclic amines) is 1. The number of hydrogen-bond acceptors (Lipinski definition) is 3. The van der Waals surface area contributed by atoms with E-state index in [4.69, 9.17) is 4.42 Å². The van der Waals surface area contributed by atoms with Crippen LogP contribution >= 0.6 is 0 Å². The van der Waals surface area contributed by atoms with Crippen molar-refractivity contribution in [3.63, 3.8) is 0 Å². The van der Waals surface area contributed by atoms with Gasteiger partial charge >= 0.3 is 0 Å². The number of halogens is 1. The fourth-order valence-electron chi connectivity index (χ4n) is 2.95. The van der Waals surface area contributed by atoms with Gasteiger partial charge in [0.05, 0.1) is 6.54 Å². The first-order valence-electron chi connectivity index (χ1n) is 7.94. The van der Waals surface area contributed by atoms with E-state index in [-0.39, 0.29) is 24.2 Å². The van der Waals surface area contributed by atoms with E-state index in [0.29, 0.717) is 24.5 Å². The summed E-state index contributed by atoms with van der Waals surface area (Å²) < 4.78 is 18.6. The van der Waals surface area contributed by atoms with Gasteiger partial charge < -0.3 is 14.6 Å². The van der Waals surface area contributed by atoms with E-state index >= 15 is 0 Å². The Balaban J connectivity index is 1.60. The van der Waals surface area contributed by atoms with E-state index in [9.17, 15) is 14.0 Å². The van der Waals surface area contributed by atoms with E-state index in [2.05, 4.69) is 5.32 Å². The molecule has 1 saturated heterocycles. The molecule has 6 heteroatoms. The van der Waals surface area contributed by atoms with Crippen molar-refractivity contribution < 1.29 is 18.4 Å². The van der Waals surface area contributed by atoms with Crippen LogP contribution in [-0.2, 0) is 16.1 Å². The Labute approximate surface area is 139 Å². The second-order valence-electron chi connectivity index (χ2n) is 5.86. The minimum Gasteiger partial charge on any atom is -0.459 e. The molecular weight excluding hydrogens is 311 g/mol. The third-order valence-electron chi connectivity index (χ3n) is 4.19. The summed E-state index contributed by atoms with van der Waals surface area (Å²) in [4.78, 5) is 25.4. The molecule has 2 aromatic rings. The molecule has 0 aliphatic carbocycles. The number of carbonyl (C=O) groups is 2. The van der Waals surface area contributed by atoms with Crippen molar-refractivity contribution in [3.05, 3.63) is 48.0 Å². The maximum absolute atomic E-state index is 12.9. The highest BCUT2D eigenvalue weighted by atomic mass is 19.1. The van der Waals surface area contributed by atoms with Gasteiger partial charge in [0.1, 0.15) is 23.4 Å². The monoisotopic (exact) mass is 330 g/mol. The zero-order valence-electron chi connectivity index (χ0n) is 13.4. The molecule has 0 unspecified atom stereocenters. The number of carbonyl (C=O) groups excluding carboxylic acids is 2. The summed E-state index contributed by atoms with van der Waals surface area (Å²) in [6, 6.07) is 9.18. The van der Waals surface area contributed by atoms with Crippen molar-refractivity contribution in [1.82, 2.24) is 10.2 Å². The van der Waals surface area contributed by atoms with Crippen molar-refractivity contribution in [2.45, 2.75) is 32.4 Å².